The summed E-state index contributed by atoms with van der Waals surface area (Å²) in [6.45, 7) is 12.4. The molecule has 0 rings (SSSR count). The zero-order valence-electron chi connectivity index (χ0n) is 13.2. The van der Waals surface area contributed by atoms with Crippen molar-refractivity contribution >= 4 is 0 Å². The van der Waals surface area contributed by atoms with Crippen LogP contribution < -0.4 is 11.1 Å². The molecule has 0 aliphatic heterocycles. The van der Waals surface area contributed by atoms with Crippen LogP contribution in [0.25, 0.3) is 0 Å². The largest absolute Gasteiger partial charge is 0.330 e. The second kappa shape index (κ2) is 12.0. The normalized spacial score (nSPS) is 13.5. The second-order valence-electron chi connectivity index (χ2n) is 6.36. The third-order valence-electron chi connectivity index (χ3n) is 3.79. The van der Waals surface area contributed by atoms with Gasteiger partial charge >= 0.3 is 0 Å². The van der Waals surface area contributed by atoms with Crippen LogP contribution in [-0.2, 0) is 0 Å². The first-order chi connectivity index (χ1) is 8.57. The molecule has 0 aliphatic rings. The topological polar surface area (TPSA) is 38.0 Å². The van der Waals surface area contributed by atoms with E-state index in [9.17, 15) is 0 Å². The van der Waals surface area contributed by atoms with E-state index in [0.717, 1.165) is 24.3 Å². The van der Waals surface area contributed by atoms with Gasteiger partial charge in [0.2, 0.25) is 0 Å². The SMILES string of the molecule is CC(C)CCCCNCCCC(CCN)C(C)C. The first-order valence-electron chi connectivity index (χ1n) is 7.98. The molecule has 110 valence electrons. The third kappa shape index (κ3) is 11.0. The summed E-state index contributed by atoms with van der Waals surface area (Å²) in [5.41, 5.74) is 5.66. The molecule has 0 aliphatic carbocycles. The van der Waals surface area contributed by atoms with E-state index in [1.165, 1.54) is 51.6 Å². The highest BCUT2D eigenvalue weighted by atomic mass is 14.8. The van der Waals surface area contributed by atoms with Crippen LogP contribution in [0.15, 0.2) is 0 Å². The maximum absolute atomic E-state index is 5.66. The second-order valence-corrected chi connectivity index (χ2v) is 6.36. The number of rotatable bonds is 12. The fourth-order valence-corrected chi connectivity index (χ4v) is 2.44. The zero-order valence-corrected chi connectivity index (χ0v) is 13.2. The minimum atomic E-state index is 0.777. The molecule has 0 spiro atoms. The summed E-state index contributed by atoms with van der Waals surface area (Å²) in [4.78, 5) is 0. The van der Waals surface area contributed by atoms with E-state index in [2.05, 4.69) is 33.0 Å². The van der Waals surface area contributed by atoms with E-state index in [1.54, 1.807) is 0 Å². The fourth-order valence-electron chi connectivity index (χ4n) is 2.44. The van der Waals surface area contributed by atoms with Crippen LogP contribution in [0.1, 0.15) is 66.2 Å². The standard InChI is InChI=1S/C16H36N2/c1-14(2)8-5-6-12-18-13-7-9-16(10-11-17)15(3)4/h14-16,18H,5-13,17H2,1-4H3. The van der Waals surface area contributed by atoms with Crippen molar-refractivity contribution in [1.82, 2.24) is 5.32 Å². The van der Waals surface area contributed by atoms with Crippen molar-refractivity contribution < 1.29 is 0 Å². The van der Waals surface area contributed by atoms with Crippen LogP contribution in [-0.4, -0.2) is 19.6 Å². The van der Waals surface area contributed by atoms with Gasteiger partial charge in [-0.1, -0.05) is 40.5 Å². The molecule has 1 unspecified atom stereocenters. The average molecular weight is 256 g/mol. The van der Waals surface area contributed by atoms with Gasteiger partial charge < -0.3 is 11.1 Å². The number of hydrogen-bond acceptors (Lipinski definition) is 2. The quantitative estimate of drug-likeness (QED) is 0.521. The summed E-state index contributed by atoms with van der Waals surface area (Å²) >= 11 is 0. The van der Waals surface area contributed by atoms with Crippen LogP contribution in [0.2, 0.25) is 0 Å². The highest BCUT2D eigenvalue weighted by Gasteiger charge is 2.11. The first-order valence-corrected chi connectivity index (χ1v) is 7.98. The summed E-state index contributed by atoms with van der Waals surface area (Å²) in [6.07, 6.45) is 7.88. The molecule has 3 N–H and O–H groups in total. The Morgan fingerprint density at radius 3 is 2.06 bits per heavy atom. The third-order valence-corrected chi connectivity index (χ3v) is 3.79. The Morgan fingerprint density at radius 1 is 0.833 bits per heavy atom. The Morgan fingerprint density at radius 2 is 1.50 bits per heavy atom. The highest BCUT2D eigenvalue weighted by Crippen LogP contribution is 2.19. The Kier molecular flexibility index (Phi) is 11.9. The number of hydrogen-bond donors (Lipinski definition) is 2. The van der Waals surface area contributed by atoms with Crippen LogP contribution in [0.5, 0.6) is 0 Å². The van der Waals surface area contributed by atoms with Crippen LogP contribution in [0.4, 0.5) is 0 Å². The monoisotopic (exact) mass is 256 g/mol. The molecule has 0 saturated carbocycles. The Labute approximate surface area is 115 Å². The molecule has 0 heterocycles. The van der Waals surface area contributed by atoms with Gasteiger partial charge in [-0.3, -0.25) is 0 Å². The molecule has 0 fully saturated rings. The number of nitrogens with one attached hydrogen (secondary N) is 1. The van der Waals surface area contributed by atoms with Gasteiger partial charge in [-0.15, -0.1) is 0 Å². The molecule has 0 saturated heterocycles. The maximum atomic E-state index is 5.66. The van der Waals surface area contributed by atoms with E-state index in [-0.39, 0.29) is 0 Å². The van der Waals surface area contributed by atoms with Gasteiger partial charge in [0.15, 0.2) is 0 Å². The first kappa shape index (κ1) is 17.9. The van der Waals surface area contributed by atoms with Gasteiger partial charge in [-0.2, -0.15) is 0 Å². The average Bonchev–Trinajstić information content (AvgIpc) is 2.30. The van der Waals surface area contributed by atoms with Gasteiger partial charge in [0.1, 0.15) is 0 Å². The number of nitrogens with two attached hydrogens (primary N) is 1. The summed E-state index contributed by atoms with van der Waals surface area (Å²) in [5.74, 6) is 2.45. The predicted molar refractivity (Wildman–Crippen MR) is 82.8 cm³/mol. The predicted octanol–water partition coefficient (Wildman–Crippen LogP) is 3.80. The van der Waals surface area contributed by atoms with Gasteiger partial charge in [0.05, 0.1) is 0 Å². The van der Waals surface area contributed by atoms with Crippen LogP contribution in [0.3, 0.4) is 0 Å². The Balaban J connectivity index is 3.32. The molecular weight excluding hydrogens is 220 g/mol. The van der Waals surface area contributed by atoms with Gasteiger partial charge in [-0.25, -0.2) is 0 Å². The minimum absolute atomic E-state index is 0.777. The van der Waals surface area contributed by atoms with Gasteiger partial charge in [0.25, 0.3) is 0 Å². The maximum Gasteiger partial charge on any atom is -0.00488 e. The van der Waals surface area contributed by atoms with E-state index in [0.29, 0.717) is 0 Å². The van der Waals surface area contributed by atoms with E-state index < -0.39 is 0 Å². The van der Waals surface area contributed by atoms with Crippen molar-refractivity contribution in [3.8, 4) is 0 Å². The smallest absolute Gasteiger partial charge is 0.00488 e. The Hall–Kier alpha value is -0.0800. The molecule has 0 aromatic carbocycles. The molecule has 2 nitrogen and oxygen atoms in total. The minimum Gasteiger partial charge on any atom is -0.330 e. The zero-order chi connectivity index (χ0) is 13.8. The molecular formula is C16H36N2. The lowest BCUT2D eigenvalue weighted by atomic mass is 9.88. The van der Waals surface area contributed by atoms with Crippen LogP contribution in [0, 0.1) is 17.8 Å². The van der Waals surface area contributed by atoms with Gasteiger partial charge in [0, 0.05) is 0 Å². The van der Waals surface area contributed by atoms with Crippen molar-refractivity contribution in [2.45, 2.75) is 66.2 Å². The van der Waals surface area contributed by atoms with Crippen molar-refractivity contribution in [3.05, 3.63) is 0 Å². The molecule has 1 atom stereocenters. The molecule has 0 amide bonds. The molecule has 0 bridgehead atoms. The summed E-state index contributed by atoms with van der Waals surface area (Å²) in [5, 5.41) is 3.56. The molecule has 0 radical (unpaired) electrons. The summed E-state index contributed by atoms with van der Waals surface area (Å²) in [6, 6.07) is 0. The van der Waals surface area contributed by atoms with Crippen molar-refractivity contribution in [1.29, 1.82) is 0 Å². The molecule has 18 heavy (non-hydrogen) atoms. The number of unbranched alkanes of at least 4 members (excludes halogenated alkanes) is 1. The van der Waals surface area contributed by atoms with Crippen molar-refractivity contribution in [3.63, 3.8) is 0 Å². The lowest BCUT2D eigenvalue weighted by Crippen LogP contribution is -2.20. The molecule has 0 aromatic heterocycles. The fraction of sp³-hybridized carbons (Fsp3) is 1.00. The molecule has 2 heteroatoms. The summed E-state index contributed by atoms with van der Waals surface area (Å²) < 4.78 is 0. The lowest BCUT2D eigenvalue weighted by Gasteiger charge is -2.20. The van der Waals surface area contributed by atoms with E-state index >= 15 is 0 Å². The van der Waals surface area contributed by atoms with E-state index in [4.69, 9.17) is 5.73 Å². The lowest BCUT2D eigenvalue weighted by molar-refractivity contribution is 0.331. The molecule has 0 aromatic rings. The summed E-state index contributed by atoms with van der Waals surface area (Å²) in [7, 11) is 0. The van der Waals surface area contributed by atoms with Crippen LogP contribution >= 0.6 is 0 Å². The van der Waals surface area contributed by atoms with Crippen molar-refractivity contribution in [2.24, 2.45) is 23.5 Å². The van der Waals surface area contributed by atoms with Gasteiger partial charge in [-0.05, 0) is 63.1 Å². The highest BCUT2D eigenvalue weighted by molar-refractivity contribution is 4.64. The van der Waals surface area contributed by atoms with Crippen molar-refractivity contribution in [2.75, 3.05) is 19.6 Å². The van der Waals surface area contributed by atoms with E-state index in [1.807, 2.05) is 0 Å². The Bertz CT molecular complexity index is 166.